The Bertz CT molecular complexity index is 706. The summed E-state index contributed by atoms with van der Waals surface area (Å²) < 4.78 is 0. The predicted molar refractivity (Wildman–Crippen MR) is 97.6 cm³/mol. The topological polar surface area (TPSA) is 36.4 Å². The number of rotatable bonds is 5. The number of para-hydroxylation sites is 1. The summed E-state index contributed by atoms with van der Waals surface area (Å²) in [5.41, 5.74) is 3.43. The quantitative estimate of drug-likeness (QED) is 0.792. The number of hydrogen-bond donors (Lipinski definition) is 0. The van der Waals surface area contributed by atoms with Gasteiger partial charge in [0, 0.05) is 50.8 Å². The van der Waals surface area contributed by atoms with Crippen LogP contribution in [0.4, 0.5) is 5.69 Å². The van der Waals surface area contributed by atoms with E-state index in [-0.39, 0.29) is 5.91 Å². The lowest BCUT2D eigenvalue weighted by molar-refractivity contribution is -0.125. The van der Waals surface area contributed by atoms with Crippen molar-refractivity contribution in [1.29, 1.82) is 0 Å². The van der Waals surface area contributed by atoms with E-state index in [0.29, 0.717) is 6.54 Å². The van der Waals surface area contributed by atoms with Crippen molar-refractivity contribution < 1.29 is 4.79 Å². The van der Waals surface area contributed by atoms with Gasteiger partial charge in [0.2, 0.25) is 5.91 Å². The van der Waals surface area contributed by atoms with Gasteiger partial charge < -0.3 is 9.80 Å². The Balaban J connectivity index is 1.67. The lowest BCUT2D eigenvalue weighted by Crippen LogP contribution is -2.26. The van der Waals surface area contributed by atoms with E-state index >= 15 is 0 Å². The van der Waals surface area contributed by atoms with E-state index in [0.717, 1.165) is 18.7 Å². The third-order valence-corrected chi connectivity index (χ3v) is 4.35. The summed E-state index contributed by atoms with van der Waals surface area (Å²) in [6.45, 7) is 2.83. The molecular weight excluding hydrogens is 298 g/mol. The van der Waals surface area contributed by atoms with Crippen molar-refractivity contribution in [2.45, 2.75) is 19.4 Å². The first-order chi connectivity index (χ1) is 11.7. The lowest BCUT2D eigenvalue weighted by Gasteiger charge is -2.24. The Morgan fingerprint density at radius 3 is 2.62 bits per heavy atom. The van der Waals surface area contributed by atoms with Gasteiger partial charge >= 0.3 is 0 Å². The van der Waals surface area contributed by atoms with Crippen LogP contribution in [0.5, 0.6) is 0 Å². The molecule has 1 saturated heterocycles. The smallest absolute Gasteiger partial charge is 0.246 e. The molecule has 4 nitrogen and oxygen atoms in total. The molecule has 0 saturated carbocycles. The van der Waals surface area contributed by atoms with Crippen molar-refractivity contribution in [1.82, 2.24) is 9.88 Å². The van der Waals surface area contributed by atoms with Gasteiger partial charge in [-0.05, 0) is 48.2 Å². The number of benzene rings is 1. The van der Waals surface area contributed by atoms with Crippen LogP contribution in [0.3, 0.4) is 0 Å². The van der Waals surface area contributed by atoms with E-state index in [2.05, 4.69) is 28.1 Å². The third-order valence-electron chi connectivity index (χ3n) is 4.35. The summed E-state index contributed by atoms with van der Waals surface area (Å²) >= 11 is 0. The van der Waals surface area contributed by atoms with Crippen molar-refractivity contribution in [3.63, 3.8) is 0 Å². The molecule has 1 aliphatic rings. The number of anilines is 1. The summed E-state index contributed by atoms with van der Waals surface area (Å²) in [5.74, 6) is 0.00281. The van der Waals surface area contributed by atoms with Crippen molar-refractivity contribution >= 4 is 17.7 Å². The molecule has 0 atom stereocenters. The van der Waals surface area contributed by atoms with Crippen LogP contribution in [0.15, 0.2) is 54.9 Å². The molecule has 0 unspecified atom stereocenters. The molecule has 1 fully saturated rings. The summed E-state index contributed by atoms with van der Waals surface area (Å²) in [7, 11) is 1.85. The normalized spacial score (nSPS) is 14.3. The molecule has 24 heavy (non-hydrogen) atoms. The Hall–Kier alpha value is -2.62. The summed E-state index contributed by atoms with van der Waals surface area (Å²) in [4.78, 5) is 20.5. The van der Waals surface area contributed by atoms with Crippen LogP contribution in [-0.4, -0.2) is 35.9 Å². The van der Waals surface area contributed by atoms with E-state index in [9.17, 15) is 4.79 Å². The Morgan fingerprint density at radius 2 is 1.88 bits per heavy atom. The number of hydrogen-bond acceptors (Lipinski definition) is 3. The molecular formula is C20H23N3O. The van der Waals surface area contributed by atoms with Crippen LogP contribution in [-0.2, 0) is 11.3 Å². The van der Waals surface area contributed by atoms with Gasteiger partial charge in [0.1, 0.15) is 0 Å². The molecule has 2 heterocycles. The zero-order valence-corrected chi connectivity index (χ0v) is 14.1. The highest BCUT2D eigenvalue weighted by atomic mass is 16.2. The monoisotopic (exact) mass is 321 g/mol. The van der Waals surface area contributed by atoms with Gasteiger partial charge in [0.15, 0.2) is 0 Å². The number of aromatic nitrogens is 1. The summed E-state index contributed by atoms with van der Waals surface area (Å²) in [6, 6.07) is 12.1. The molecule has 0 aliphatic carbocycles. The number of carbonyl (C=O) groups excluding carboxylic acids is 1. The molecule has 3 rings (SSSR count). The molecule has 2 aromatic rings. The van der Waals surface area contributed by atoms with Crippen molar-refractivity contribution in [3.8, 4) is 0 Å². The lowest BCUT2D eigenvalue weighted by atomic mass is 10.1. The van der Waals surface area contributed by atoms with Crippen LogP contribution < -0.4 is 4.90 Å². The number of likely N-dealkylation sites (N-methyl/N-ethyl adjacent to an activating group) is 1. The third kappa shape index (κ3) is 4.02. The molecule has 0 spiro atoms. The number of carbonyl (C=O) groups is 1. The second-order valence-corrected chi connectivity index (χ2v) is 6.13. The van der Waals surface area contributed by atoms with Crippen LogP contribution in [0, 0.1) is 0 Å². The number of pyridine rings is 1. The summed E-state index contributed by atoms with van der Waals surface area (Å²) in [5, 5.41) is 0. The van der Waals surface area contributed by atoms with Gasteiger partial charge in [0.05, 0.1) is 0 Å². The van der Waals surface area contributed by atoms with Crippen LogP contribution in [0.25, 0.3) is 6.08 Å². The molecule has 0 radical (unpaired) electrons. The van der Waals surface area contributed by atoms with Crippen LogP contribution in [0.1, 0.15) is 24.0 Å². The molecule has 1 aliphatic heterocycles. The van der Waals surface area contributed by atoms with Crippen LogP contribution >= 0.6 is 0 Å². The first kappa shape index (κ1) is 16.2. The van der Waals surface area contributed by atoms with Crippen molar-refractivity contribution in [2.75, 3.05) is 25.0 Å². The molecule has 1 aromatic heterocycles. The second kappa shape index (κ2) is 7.77. The maximum absolute atomic E-state index is 12.4. The van der Waals surface area contributed by atoms with Gasteiger partial charge in [-0.2, -0.15) is 0 Å². The largest absolute Gasteiger partial charge is 0.371 e. The first-order valence-electron chi connectivity index (χ1n) is 8.40. The fraction of sp³-hybridized carbons (Fsp3) is 0.300. The fourth-order valence-corrected chi connectivity index (χ4v) is 3.01. The van der Waals surface area contributed by atoms with E-state index in [1.165, 1.54) is 24.1 Å². The predicted octanol–water partition coefficient (Wildman–Crippen LogP) is 3.35. The molecule has 1 aromatic carbocycles. The molecule has 0 bridgehead atoms. The number of nitrogens with zero attached hydrogens (tertiary/aromatic N) is 3. The molecule has 124 valence electrons. The highest BCUT2D eigenvalue weighted by molar-refractivity contribution is 5.91. The molecule has 1 amide bonds. The summed E-state index contributed by atoms with van der Waals surface area (Å²) in [6.07, 6.45) is 9.39. The van der Waals surface area contributed by atoms with Gasteiger partial charge in [-0.1, -0.05) is 18.2 Å². The highest BCUT2D eigenvalue weighted by Gasteiger charge is 2.16. The van der Waals surface area contributed by atoms with Gasteiger partial charge in [-0.3, -0.25) is 9.78 Å². The van der Waals surface area contributed by atoms with E-state index in [4.69, 9.17) is 0 Å². The van der Waals surface area contributed by atoms with Gasteiger partial charge in [-0.15, -0.1) is 0 Å². The van der Waals surface area contributed by atoms with E-state index in [1.54, 1.807) is 23.4 Å². The van der Waals surface area contributed by atoms with Gasteiger partial charge in [-0.25, -0.2) is 0 Å². The maximum atomic E-state index is 12.4. The zero-order valence-electron chi connectivity index (χ0n) is 14.1. The van der Waals surface area contributed by atoms with E-state index < -0.39 is 0 Å². The van der Waals surface area contributed by atoms with Crippen molar-refractivity contribution in [3.05, 3.63) is 66.0 Å². The minimum Gasteiger partial charge on any atom is -0.371 e. The SMILES string of the molecule is CN(Cc1ccccc1N1CCCC1)C(=O)/C=C/c1ccncc1. The second-order valence-electron chi connectivity index (χ2n) is 6.13. The van der Waals surface area contributed by atoms with Crippen molar-refractivity contribution in [2.24, 2.45) is 0 Å². The molecule has 0 N–H and O–H groups in total. The molecule has 4 heteroatoms. The van der Waals surface area contributed by atoms with E-state index in [1.807, 2.05) is 31.3 Å². The Labute approximate surface area is 143 Å². The highest BCUT2D eigenvalue weighted by Crippen LogP contribution is 2.25. The average Bonchev–Trinajstić information content (AvgIpc) is 3.15. The number of amides is 1. The zero-order chi connectivity index (χ0) is 16.8. The Kier molecular flexibility index (Phi) is 5.26. The van der Waals surface area contributed by atoms with Crippen LogP contribution in [0.2, 0.25) is 0 Å². The average molecular weight is 321 g/mol. The minimum atomic E-state index is 0.00281. The van der Waals surface area contributed by atoms with Gasteiger partial charge in [0.25, 0.3) is 0 Å². The first-order valence-corrected chi connectivity index (χ1v) is 8.40. The fourth-order valence-electron chi connectivity index (χ4n) is 3.01. The minimum absolute atomic E-state index is 0.00281. The maximum Gasteiger partial charge on any atom is 0.246 e. The standard InChI is InChI=1S/C20H23N3O/c1-22(20(24)9-8-17-10-12-21-13-11-17)16-18-6-2-3-7-19(18)23-14-4-5-15-23/h2-3,6-13H,4-5,14-16H2,1H3/b9-8+. The Morgan fingerprint density at radius 1 is 1.17 bits per heavy atom.